The van der Waals surface area contributed by atoms with Crippen molar-refractivity contribution < 1.29 is 0 Å². The van der Waals surface area contributed by atoms with Gasteiger partial charge in [-0.15, -0.1) is 0 Å². The van der Waals surface area contributed by atoms with Crippen LogP contribution < -0.4 is 0 Å². The van der Waals surface area contributed by atoms with E-state index in [0.29, 0.717) is 17.5 Å². The molecule has 0 atom stereocenters. The van der Waals surface area contributed by atoms with E-state index in [1.54, 1.807) is 6.20 Å². The maximum atomic E-state index is 9.71. The van der Waals surface area contributed by atoms with Gasteiger partial charge in [0.25, 0.3) is 0 Å². The highest BCUT2D eigenvalue weighted by atomic mass is 15.0. The molecule has 2 aliphatic carbocycles. The van der Waals surface area contributed by atoms with Gasteiger partial charge in [-0.25, -0.2) is 15.0 Å². The first-order valence-corrected chi connectivity index (χ1v) is 19.4. The lowest BCUT2D eigenvalue weighted by Crippen LogP contribution is -2.28. The van der Waals surface area contributed by atoms with Gasteiger partial charge in [0.15, 0.2) is 17.5 Å². The third-order valence-corrected chi connectivity index (χ3v) is 11.7. The van der Waals surface area contributed by atoms with Crippen LogP contribution >= 0.6 is 0 Å². The van der Waals surface area contributed by atoms with Crippen molar-refractivity contribution in [1.82, 2.24) is 19.9 Å². The largest absolute Gasteiger partial charge is 0.264 e. The topological polar surface area (TPSA) is 75.3 Å². The number of hydrogen-bond acceptors (Lipinski definition) is 5. The van der Waals surface area contributed by atoms with Crippen LogP contribution in [-0.2, 0) is 5.41 Å². The quantitative estimate of drug-likeness (QED) is 0.171. The Morgan fingerprint density at radius 2 is 0.893 bits per heavy atom. The molecule has 2 aliphatic rings. The zero-order valence-corrected chi connectivity index (χ0v) is 30.9. The maximum absolute atomic E-state index is 9.71. The average Bonchev–Trinajstić information content (AvgIpc) is 3.54. The highest BCUT2D eigenvalue weighted by molar-refractivity contribution is 5.85. The average molecular weight is 720 g/mol. The van der Waals surface area contributed by atoms with E-state index in [1.165, 1.54) is 52.6 Å². The number of pyridine rings is 1. The van der Waals surface area contributed by atoms with Gasteiger partial charge in [0.2, 0.25) is 0 Å². The normalized spacial score (nSPS) is 13.8. The molecule has 1 saturated carbocycles. The molecule has 0 unspecified atom stereocenters. The summed E-state index contributed by atoms with van der Waals surface area (Å²) in [6.07, 6.45) is 9.65. The van der Waals surface area contributed by atoms with E-state index in [1.807, 2.05) is 48.7 Å². The lowest BCUT2D eigenvalue weighted by Gasteiger charge is -2.36. The Morgan fingerprint density at radius 1 is 0.429 bits per heavy atom. The van der Waals surface area contributed by atoms with Gasteiger partial charge in [-0.1, -0.05) is 147 Å². The summed E-state index contributed by atoms with van der Waals surface area (Å²) < 4.78 is 0. The number of rotatable bonds is 6. The lowest BCUT2D eigenvalue weighted by atomic mass is 9.67. The van der Waals surface area contributed by atoms with E-state index in [4.69, 9.17) is 15.0 Å². The molecule has 8 aromatic rings. The predicted molar refractivity (Wildman–Crippen MR) is 224 cm³/mol. The van der Waals surface area contributed by atoms with Crippen molar-refractivity contribution in [2.75, 3.05) is 0 Å². The van der Waals surface area contributed by atoms with Crippen LogP contribution in [0.5, 0.6) is 0 Å². The molecule has 2 heterocycles. The minimum atomic E-state index is -0.000456. The molecule has 2 aromatic heterocycles. The van der Waals surface area contributed by atoms with Crippen LogP contribution in [0, 0.1) is 11.3 Å². The van der Waals surface area contributed by atoms with Crippen molar-refractivity contribution in [3.05, 3.63) is 181 Å². The first-order valence-electron chi connectivity index (χ1n) is 19.4. The minimum Gasteiger partial charge on any atom is -0.264 e. The van der Waals surface area contributed by atoms with Crippen molar-refractivity contribution in [3.8, 4) is 84.7 Å². The summed E-state index contributed by atoms with van der Waals surface area (Å²) in [5.41, 5.74) is 15.8. The van der Waals surface area contributed by atoms with Crippen LogP contribution in [0.4, 0.5) is 0 Å². The van der Waals surface area contributed by atoms with Crippen molar-refractivity contribution in [2.24, 2.45) is 0 Å². The Labute approximate surface area is 327 Å². The lowest BCUT2D eigenvalue weighted by molar-refractivity contribution is 0.353. The number of benzene rings is 6. The Morgan fingerprint density at radius 3 is 1.45 bits per heavy atom. The predicted octanol–water partition coefficient (Wildman–Crippen LogP) is 12.4. The summed E-state index contributed by atoms with van der Waals surface area (Å²) in [7, 11) is 0. The zero-order chi connectivity index (χ0) is 37.5. The van der Waals surface area contributed by atoms with E-state index < -0.39 is 0 Å². The molecule has 266 valence electrons. The highest BCUT2D eigenvalue weighted by Crippen LogP contribution is 2.56. The summed E-state index contributed by atoms with van der Waals surface area (Å²) in [4.78, 5) is 19.1. The molecule has 0 N–H and O–H groups in total. The monoisotopic (exact) mass is 719 g/mol. The van der Waals surface area contributed by atoms with E-state index in [0.717, 1.165) is 57.3 Å². The van der Waals surface area contributed by atoms with Gasteiger partial charge in [0, 0.05) is 34.5 Å². The summed E-state index contributed by atoms with van der Waals surface area (Å²) >= 11 is 0. The second-order valence-corrected chi connectivity index (χ2v) is 14.9. The summed E-state index contributed by atoms with van der Waals surface area (Å²) in [5.74, 6) is 1.90. The van der Waals surface area contributed by atoms with Crippen LogP contribution in [0.2, 0.25) is 0 Å². The fraction of sp³-hybridized carbons (Fsp3) is 0.118. The molecule has 10 rings (SSSR count). The van der Waals surface area contributed by atoms with E-state index >= 15 is 0 Å². The van der Waals surface area contributed by atoms with Crippen LogP contribution in [0.25, 0.3) is 78.7 Å². The van der Waals surface area contributed by atoms with Gasteiger partial charge in [-0.2, -0.15) is 5.26 Å². The SMILES string of the molecule is N#Cc1ccc2c(c1)C1(CCCCC1)c1cc(-c3ccc(-c4ccc(-c5nc(-c6ccccc6)nc(-c6ccc(-c7cccnc7)cc6)n5)cc4)cc3)ccc1-2. The second-order valence-electron chi connectivity index (χ2n) is 14.9. The number of fused-ring (bicyclic) bond motifs is 5. The van der Waals surface area contributed by atoms with E-state index in [-0.39, 0.29) is 5.41 Å². The number of aromatic nitrogens is 4. The van der Waals surface area contributed by atoms with Gasteiger partial charge in [-0.3, -0.25) is 4.98 Å². The van der Waals surface area contributed by atoms with E-state index in [2.05, 4.69) is 120 Å². The van der Waals surface area contributed by atoms with Crippen molar-refractivity contribution in [2.45, 2.75) is 37.5 Å². The Hall–Kier alpha value is -7.03. The molecule has 56 heavy (non-hydrogen) atoms. The molecule has 1 spiro atoms. The number of nitriles is 1. The first-order chi connectivity index (χ1) is 27.6. The van der Waals surface area contributed by atoms with Crippen LogP contribution in [-0.4, -0.2) is 19.9 Å². The molecule has 5 heteroatoms. The number of nitrogens with zero attached hydrogens (tertiary/aromatic N) is 5. The molecule has 5 nitrogen and oxygen atoms in total. The summed E-state index contributed by atoms with van der Waals surface area (Å²) in [5, 5.41) is 9.71. The second kappa shape index (κ2) is 14.0. The van der Waals surface area contributed by atoms with Crippen LogP contribution in [0.3, 0.4) is 0 Å². The highest BCUT2D eigenvalue weighted by Gasteiger charge is 2.44. The maximum Gasteiger partial charge on any atom is 0.164 e. The van der Waals surface area contributed by atoms with Crippen molar-refractivity contribution in [3.63, 3.8) is 0 Å². The molecule has 1 fully saturated rings. The third-order valence-electron chi connectivity index (χ3n) is 11.7. The van der Waals surface area contributed by atoms with Crippen molar-refractivity contribution in [1.29, 1.82) is 5.26 Å². The van der Waals surface area contributed by atoms with Gasteiger partial charge in [-0.05, 0) is 92.7 Å². The molecule has 0 bridgehead atoms. The summed E-state index contributed by atoms with van der Waals surface area (Å²) in [6.45, 7) is 0. The van der Waals surface area contributed by atoms with Gasteiger partial charge >= 0.3 is 0 Å². The molecule has 0 saturated heterocycles. The number of hydrogen-bond donors (Lipinski definition) is 0. The van der Waals surface area contributed by atoms with Gasteiger partial charge < -0.3 is 0 Å². The molecular weight excluding hydrogens is 683 g/mol. The Balaban J connectivity index is 0.941. The van der Waals surface area contributed by atoms with Crippen molar-refractivity contribution >= 4 is 0 Å². The molecule has 6 aromatic carbocycles. The fourth-order valence-electron chi connectivity index (χ4n) is 8.80. The van der Waals surface area contributed by atoms with Crippen LogP contribution in [0.1, 0.15) is 48.8 Å². The standard InChI is InChI=1S/C51H37N5/c52-32-34-11-25-44-45-26-24-42(31-47(45)51(46(44)30-34)27-5-2-6-28-51)37-14-12-35(13-15-37)36-16-20-40(21-17-36)49-54-48(39-8-3-1-4-9-39)55-50(56-49)41-22-18-38(19-23-41)43-10-7-29-53-33-43/h1,3-4,7-26,29-31,33H,2,5-6,27-28H2. The molecule has 0 radical (unpaired) electrons. The third kappa shape index (κ3) is 5.97. The molecule has 0 amide bonds. The molecule has 0 aliphatic heterocycles. The van der Waals surface area contributed by atoms with Gasteiger partial charge in [0.05, 0.1) is 11.6 Å². The fourth-order valence-corrected chi connectivity index (χ4v) is 8.80. The smallest absolute Gasteiger partial charge is 0.164 e. The van der Waals surface area contributed by atoms with E-state index in [9.17, 15) is 5.26 Å². The van der Waals surface area contributed by atoms with Gasteiger partial charge in [0.1, 0.15) is 0 Å². The summed E-state index contributed by atoms with van der Waals surface area (Å²) in [6, 6.07) is 55.4. The first kappa shape index (κ1) is 33.5. The van der Waals surface area contributed by atoms with Crippen LogP contribution in [0.15, 0.2) is 164 Å². The minimum absolute atomic E-state index is 0.000456. The Kier molecular flexibility index (Phi) is 8.38. The zero-order valence-electron chi connectivity index (χ0n) is 30.9. The molecular formula is C51H37N5. The Bertz CT molecular complexity index is 2740.